The predicted molar refractivity (Wildman–Crippen MR) is 135 cm³/mol. The molecule has 0 bridgehead atoms. The first-order chi connectivity index (χ1) is 15.1. The molecule has 0 aromatic carbocycles. The van der Waals surface area contributed by atoms with E-state index in [2.05, 4.69) is 46.3 Å². The zero-order chi connectivity index (χ0) is 24.3. The molecule has 0 unspecified atom stereocenters. The van der Waals surface area contributed by atoms with Crippen LogP contribution in [0, 0.1) is 35.5 Å². The Bertz CT molecular complexity index is 511. The highest BCUT2D eigenvalue weighted by molar-refractivity contribution is 14.1. The van der Waals surface area contributed by atoms with Gasteiger partial charge in [-0.2, -0.15) is 0 Å². The molecule has 0 spiro atoms. The molecule has 0 aliphatic heterocycles. The Labute approximate surface area is 212 Å². The Balaban J connectivity index is 0.000000320. The van der Waals surface area contributed by atoms with Crippen molar-refractivity contribution in [1.29, 1.82) is 0 Å². The maximum Gasteiger partial charge on any atom is 0.509 e. The van der Waals surface area contributed by atoms with Gasteiger partial charge in [0, 0.05) is 0 Å². The van der Waals surface area contributed by atoms with Crippen molar-refractivity contribution in [1.82, 2.24) is 0 Å². The molecule has 0 aromatic rings. The minimum Gasteiger partial charge on any atom is -0.431 e. The molecule has 0 amide bonds. The lowest BCUT2D eigenvalue weighted by atomic mass is 9.75. The zero-order valence-electron chi connectivity index (χ0n) is 20.5. The highest BCUT2D eigenvalue weighted by Crippen LogP contribution is 2.36. The Morgan fingerprint density at radius 1 is 0.812 bits per heavy atom. The van der Waals surface area contributed by atoms with Crippen molar-refractivity contribution in [2.75, 3.05) is 10.7 Å². The highest BCUT2D eigenvalue weighted by atomic mass is 127. The van der Waals surface area contributed by atoms with Gasteiger partial charge in [0.05, 0.1) is 0 Å². The average Bonchev–Trinajstić information content (AvgIpc) is 2.68. The lowest BCUT2D eigenvalue weighted by molar-refractivity contribution is -0.0272. The summed E-state index contributed by atoms with van der Waals surface area (Å²) in [5.41, 5.74) is 0. The molecule has 0 aromatic heterocycles. The van der Waals surface area contributed by atoms with Crippen molar-refractivity contribution in [3.05, 3.63) is 0 Å². The van der Waals surface area contributed by atoms with Gasteiger partial charge in [0.25, 0.3) is 0 Å². The van der Waals surface area contributed by atoms with Gasteiger partial charge in [-0.05, 0) is 83.8 Å². The van der Waals surface area contributed by atoms with Gasteiger partial charge in [0.1, 0.15) is 16.8 Å². The lowest BCUT2D eigenvalue weighted by Crippen LogP contribution is -2.35. The van der Waals surface area contributed by atoms with E-state index in [9.17, 15) is 9.59 Å². The Morgan fingerprint density at radius 3 is 1.56 bits per heavy atom. The molecule has 8 heteroatoms. The first-order valence-electron chi connectivity index (χ1n) is 11.9. The average molecular weight is 589 g/mol. The first kappa shape index (κ1) is 29.6. The topological polar surface area (TPSA) is 71.1 Å². The summed E-state index contributed by atoms with van der Waals surface area (Å²) in [6, 6.07) is -0.145. The third-order valence-corrected chi connectivity index (χ3v) is 7.18. The van der Waals surface area contributed by atoms with E-state index in [0.29, 0.717) is 40.1 Å². The molecular formula is C24H42ClIO6. The van der Waals surface area contributed by atoms with E-state index >= 15 is 0 Å². The number of hydrogen-bond donors (Lipinski definition) is 0. The van der Waals surface area contributed by atoms with Gasteiger partial charge in [0.15, 0.2) is 6.07 Å². The largest absolute Gasteiger partial charge is 0.509 e. The zero-order valence-corrected chi connectivity index (χ0v) is 23.4. The van der Waals surface area contributed by atoms with Crippen molar-refractivity contribution >= 4 is 46.5 Å². The van der Waals surface area contributed by atoms with Crippen molar-refractivity contribution in [3.63, 3.8) is 0 Å². The molecule has 188 valence electrons. The Kier molecular flexibility index (Phi) is 14.3. The van der Waals surface area contributed by atoms with E-state index in [1.807, 2.05) is 22.6 Å². The summed E-state index contributed by atoms with van der Waals surface area (Å²) in [4.78, 5) is 22.6. The van der Waals surface area contributed by atoms with Gasteiger partial charge >= 0.3 is 12.3 Å². The molecule has 0 heterocycles. The van der Waals surface area contributed by atoms with E-state index in [1.54, 1.807) is 0 Å². The number of alkyl halides is 2. The van der Waals surface area contributed by atoms with Crippen LogP contribution in [0.4, 0.5) is 9.59 Å². The Morgan fingerprint density at radius 2 is 1.22 bits per heavy atom. The van der Waals surface area contributed by atoms with E-state index in [0.717, 1.165) is 25.7 Å². The standard InChI is InChI=1S/C12H21ClO3.C12H21IO3/c2*1-8(2)10-5-4-9(3)6-11(10)16-12(14)15-7-13/h2*8-11H,4-7H2,1-3H3/t2*9-,10+,11-/m11/s1. The molecular weight excluding hydrogens is 547 g/mol. The quantitative estimate of drug-likeness (QED) is 0.179. The van der Waals surface area contributed by atoms with Gasteiger partial charge in [-0.3, -0.25) is 0 Å². The van der Waals surface area contributed by atoms with Crippen molar-refractivity contribution in [2.45, 2.75) is 92.3 Å². The smallest absolute Gasteiger partial charge is 0.431 e. The fraction of sp³-hybridized carbons (Fsp3) is 0.917. The number of carbonyl (C=O) groups excluding carboxylic acids is 2. The summed E-state index contributed by atoms with van der Waals surface area (Å²) in [6.45, 7) is 13.1. The van der Waals surface area contributed by atoms with Gasteiger partial charge in [-0.1, -0.05) is 66.0 Å². The third-order valence-electron chi connectivity index (χ3n) is 6.76. The molecule has 32 heavy (non-hydrogen) atoms. The minimum absolute atomic E-state index is 0.0144. The Hall–Kier alpha value is -0.440. The van der Waals surface area contributed by atoms with Gasteiger partial charge < -0.3 is 18.9 Å². The molecule has 6 nitrogen and oxygen atoms in total. The number of ether oxygens (including phenoxy) is 4. The van der Waals surface area contributed by atoms with Crippen molar-refractivity contribution in [2.24, 2.45) is 35.5 Å². The van der Waals surface area contributed by atoms with Crippen LogP contribution in [-0.2, 0) is 18.9 Å². The summed E-state index contributed by atoms with van der Waals surface area (Å²) in [6.07, 6.45) is 5.51. The highest BCUT2D eigenvalue weighted by Gasteiger charge is 2.34. The summed E-state index contributed by atoms with van der Waals surface area (Å²) in [5.74, 6) is 3.28. The maximum absolute atomic E-state index is 11.3. The molecule has 6 atom stereocenters. The molecule has 2 rings (SSSR count). The summed E-state index contributed by atoms with van der Waals surface area (Å²) < 4.78 is 20.5. The summed E-state index contributed by atoms with van der Waals surface area (Å²) >= 11 is 7.32. The van der Waals surface area contributed by atoms with Gasteiger partial charge in [0.2, 0.25) is 0 Å². The second-order valence-corrected chi connectivity index (χ2v) is 10.8. The van der Waals surface area contributed by atoms with Gasteiger partial charge in [-0.25, -0.2) is 9.59 Å². The summed E-state index contributed by atoms with van der Waals surface area (Å²) in [5, 5.41) is 0. The second kappa shape index (κ2) is 15.5. The van der Waals surface area contributed by atoms with Crippen LogP contribution in [0.3, 0.4) is 0 Å². The molecule has 0 saturated heterocycles. The number of rotatable bonds is 6. The van der Waals surface area contributed by atoms with Crippen molar-refractivity contribution < 1.29 is 28.5 Å². The van der Waals surface area contributed by atoms with Gasteiger partial charge in [-0.15, -0.1) is 0 Å². The molecule has 2 fully saturated rings. The number of halogens is 2. The second-order valence-electron chi connectivity index (χ2n) is 9.97. The fourth-order valence-electron chi connectivity index (χ4n) is 4.90. The van der Waals surface area contributed by atoms with Crippen LogP contribution in [0.5, 0.6) is 0 Å². The maximum atomic E-state index is 11.3. The van der Waals surface area contributed by atoms with Crippen LogP contribution in [0.15, 0.2) is 0 Å². The normalized spacial score (nSPS) is 30.2. The minimum atomic E-state index is -0.639. The molecule has 2 saturated carbocycles. The molecule has 0 N–H and O–H groups in total. The van der Waals surface area contributed by atoms with E-state index in [1.165, 1.54) is 12.8 Å². The number of carbonyl (C=O) groups is 2. The SMILES string of the molecule is CC(C)[C@@H]1CC[C@@H](C)C[C@H]1OC(=O)OCCl.CC(C)[C@@H]1CC[C@@H](C)C[C@H]1OC(=O)OCI. The summed E-state index contributed by atoms with van der Waals surface area (Å²) in [7, 11) is 0. The van der Waals surface area contributed by atoms with Crippen LogP contribution < -0.4 is 0 Å². The van der Waals surface area contributed by atoms with E-state index in [4.69, 9.17) is 25.8 Å². The molecule has 0 radical (unpaired) electrons. The van der Waals surface area contributed by atoms with Crippen LogP contribution in [0.2, 0.25) is 0 Å². The third kappa shape index (κ3) is 10.7. The molecule has 2 aliphatic rings. The predicted octanol–water partition coefficient (Wildman–Crippen LogP) is 7.79. The van der Waals surface area contributed by atoms with Crippen LogP contribution in [-0.4, -0.2) is 35.2 Å². The fourth-order valence-corrected chi connectivity index (χ4v) is 5.25. The molecule has 2 aliphatic carbocycles. The number of hydrogen-bond acceptors (Lipinski definition) is 6. The van der Waals surface area contributed by atoms with Crippen molar-refractivity contribution in [3.8, 4) is 0 Å². The van der Waals surface area contributed by atoms with E-state index in [-0.39, 0.29) is 18.3 Å². The van der Waals surface area contributed by atoms with Crippen LogP contribution >= 0.6 is 34.2 Å². The monoisotopic (exact) mass is 588 g/mol. The lowest BCUT2D eigenvalue weighted by Gasteiger charge is -2.36. The first-order valence-corrected chi connectivity index (χ1v) is 13.9. The van der Waals surface area contributed by atoms with Crippen LogP contribution in [0.1, 0.15) is 80.1 Å². The van der Waals surface area contributed by atoms with Crippen LogP contribution in [0.25, 0.3) is 0 Å². The van der Waals surface area contributed by atoms with E-state index < -0.39 is 12.3 Å².